The zero-order valence-corrected chi connectivity index (χ0v) is 53.2. The molecule has 6 heterocycles. The minimum atomic E-state index is 0.489. The van der Waals surface area contributed by atoms with Crippen LogP contribution in [-0.2, 0) is 0 Å². The first-order valence-electron chi connectivity index (χ1n) is 32.2. The van der Waals surface area contributed by atoms with Crippen LogP contribution in [0.2, 0.25) is 0 Å². The van der Waals surface area contributed by atoms with Gasteiger partial charge in [-0.05, 0) is 182 Å². The molecule has 12 aromatic carbocycles. The minimum absolute atomic E-state index is 0.489. The molecule has 18 rings (SSSR count). The highest BCUT2D eigenvalue weighted by Crippen LogP contribution is 2.56. The van der Waals surface area contributed by atoms with Crippen LogP contribution in [0.1, 0.15) is 44.5 Å². The zero-order chi connectivity index (χ0) is 62.7. The van der Waals surface area contributed by atoms with E-state index in [0.29, 0.717) is 11.5 Å². The van der Waals surface area contributed by atoms with Gasteiger partial charge in [0.15, 0.2) is 5.58 Å². The fourth-order valence-corrected chi connectivity index (χ4v) is 15.2. The summed E-state index contributed by atoms with van der Waals surface area (Å²) in [6, 6.07) is 90.3. The van der Waals surface area contributed by atoms with E-state index < -0.39 is 0 Å². The van der Waals surface area contributed by atoms with Gasteiger partial charge in [0.2, 0.25) is 5.89 Å². The average molecular weight is 1200 g/mol. The molecule has 0 radical (unpaired) electrons. The Hall–Kier alpha value is -11.5. The van der Waals surface area contributed by atoms with Crippen molar-refractivity contribution in [3.63, 3.8) is 0 Å². The summed E-state index contributed by atoms with van der Waals surface area (Å²) in [7, 11) is 0. The Balaban J connectivity index is 1.24. The van der Waals surface area contributed by atoms with Crippen LogP contribution in [0.4, 0.5) is 0 Å². The third-order valence-electron chi connectivity index (χ3n) is 19.4. The summed E-state index contributed by atoms with van der Waals surface area (Å²) < 4.78 is 18.0. The second kappa shape index (κ2) is 20.5. The molecular formula is C86H64N6O. The molecule has 0 spiro atoms. The topological polar surface area (TPSA) is 58.6 Å². The molecule has 0 N–H and O–H groups in total. The van der Waals surface area contributed by atoms with E-state index in [2.05, 4.69) is 316 Å². The maximum Gasteiger partial charge on any atom is 0.231 e. The molecule has 0 bridgehead atoms. The molecule has 0 saturated carbocycles. The number of rotatable bonds is 8. The van der Waals surface area contributed by atoms with Gasteiger partial charge >= 0.3 is 0 Å². The van der Waals surface area contributed by atoms with Gasteiger partial charge in [0.05, 0.1) is 83.8 Å². The van der Waals surface area contributed by atoms with Crippen molar-refractivity contribution >= 4 is 98.3 Å². The van der Waals surface area contributed by atoms with Gasteiger partial charge < -0.3 is 22.7 Å². The summed E-state index contributed by atoms with van der Waals surface area (Å²) in [4.78, 5) is 11.5. The van der Waals surface area contributed by atoms with Crippen LogP contribution in [0.15, 0.2) is 247 Å². The van der Waals surface area contributed by atoms with E-state index >= 15 is 0 Å². The zero-order valence-electron chi connectivity index (χ0n) is 53.2. The summed E-state index contributed by atoms with van der Waals surface area (Å²) in [5, 5.41) is 9.26. The van der Waals surface area contributed by atoms with Gasteiger partial charge in [0, 0.05) is 59.8 Å². The van der Waals surface area contributed by atoms with Gasteiger partial charge in [-0.2, -0.15) is 0 Å². The predicted octanol–water partition coefficient (Wildman–Crippen LogP) is 22.7. The number of aromatic nitrogens is 6. The van der Waals surface area contributed by atoms with Crippen LogP contribution in [0.25, 0.3) is 166 Å². The molecule has 7 heteroatoms. The van der Waals surface area contributed by atoms with Crippen molar-refractivity contribution in [2.45, 2.75) is 55.4 Å². The number of para-hydroxylation sites is 2. The first kappa shape index (κ1) is 54.4. The second-order valence-electron chi connectivity index (χ2n) is 26.0. The molecular weight excluding hydrogens is 1130 g/mol. The van der Waals surface area contributed by atoms with Gasteiger partial charge in [-0.15, -0.1) is 0 Å². The predicted molar refractivity (Wildman–Crippen MR) is 389 cm³/mol. The van der Waals surface area contributed by atoms with Crippen LogP contribution in [-0.4, -0.2) is 28.2 Å². The summed E-state index contributed by atoms with van der Waals surface area (Å²) in [5.74, 6) is 0.489. The maximum atomic E-state index is 7.65. The van der Waals surface area contributed by atoms with E-state index in [1.54, 1.807) is 0 Å². The Labute approximate surface area is 538 Å². The molecule has 93 heavy (non-hydrogen) atoms. The molecule has 0 aliphatic rings. The SMILES string of the molecule is Cc1ccc2c(c1)c1cc(C)ccc1n2-c1c(-c2cc(-c3ccccc3)nc(-c3ccccc3)c2)c(-n2c3ccc(C)cc3c3cc(C)ccc32)c(-n2c3ccc(C)cc3c3cc(C)ccc32)c(-c2nc3ccccc3o2)c1-n1c2ccc(C)cc2c2cc(C)ccc21. The van der Waals surface area contributed by atoms with E-state index in [4.69, 9.17) is 14.4 Å². The Morgan fingerprint density at radius 3 is 0.806 bits per heavy atom. The standard InChI is InChI=1S/C86H64N6O/c1-49-23-31-71-60(39-49)61-40-50(2)24-32-72(61)89(71)82-80(59-47-69(57-17-11-9-12-18-57)87-70(48-59)58-19-13-10-14-20-58)83(90-73-33-25-51(3)41-62(73)63-42-52(4)26-34-74(63)90)85(92-77-37-29-55(7)45-66(77)67-46-56(8)30-38-78(67)92)81(86-88-68-21-15-16-22-79(68)93-86)84(82)91-75-35-27-53(5)43-64(75)65-44-54(6)28-36-76(65)91/h9-48H,1-8H3. The lowest BCUT2D eigenvalue weighted by atomic mass is 9.91. The van der Waals surface area contributed by atoms with E-state index in [1.807, 2.05) is 0 Å². The number of pyridine rings is 1. The van der Waals surface area contributed by atoms with Gasteiger partial charge in [0.25, 0.3) is 0 Å². The third kappa shape index (κ3) is 8.36. The van der Waals surface area contributed by atoms with E-state index in [-0.39, 0.29) is 0 Å². The first-order valence-corrected chi connectivity index (χ1v) is 32.2. The molecule has 0 aliphatic carbocycles. The number of nitrogens with zero attached hydrogens (tertiary/aromatic N) is 6. The quantitative estimate of drug-likeness (QED) is 0.152. The molecule has 0 saturated heterocycles. The summed E-state index contributed by atoms with van der Waals surface area (Å²) in [6.45, 7) is 17.7. The van der Waals surface area contributed by atoms with Crippen molar-refractivity contribution in [1.29, 1.82) is 0 Å². The van der Waals surface area contributed by atoms with Gasteiger partial charge in [0.1, 0.15) is 5.52 Å². The summed E-state index contributed by atoms with van der Waals surface area (Å²) in [6.07, 6.45) is 0. The fraction of sp³-hybridized carbons (Fsp3) is 0.0930. The van der Waals surface area contributed by atoms with Crippen LogP contribution in [0.5, 0.6) is 0 Å². The van der Waals surface area contributed by atoms with Crippen molar-refractivity contribution in [2.24, 2.45) is 0 Å². The molecule has 0 atom stereocenters. The number of aryl methyl sites for hydroxylation is 8. The fourth-order valence-electron chi connectivity index (χ4n) is 15.2. The molecule has 7 nitrogen and oxygen atoms in total. The molecule has 444 valence electrons. The monoisotopic (exact) mass is 1200 g/mol. The van der Waals surface area contributed by atoms with E-state index in [0.717, 1.165) is 155 Å². The molecule has 6 aromatic heterocycles. The minimum Gasteiger partial charge on any atom is -0.436 e. The Kier molecular flexibility index (Phi) is 12.0. The van der Waals surface area contributed by atoms with Crippen LogP contribution >= 0.6 is 0 Å². The van der Waals surface area contributed by atoms with E-state index in [1.165, 1.54) is 44.5 Å². The van der Waals surface area contributed by atoms with Crippen molar-refractivity contribution < 1.29 is 4.42 Å². The van der Waals surface area contributed by atoms with Crippen LogP contribution < -0.4 is 0 Å². The Bertz CT molecular complexity index is 5600. The number of hydrogen-bond donors (Lipinski definition) is 0. The van der Waals surface area contributed by atoms with Crippen LogP contribution in [0.3, 0.4) is 0 Å². The Morgan fingerprint density at radius 2 is 0.516 bits per heavy atom. The second-order valence-corrected chi connectivity index (χ2v) is 26.0. The maximum absolute atomic E-state index is 7.65. The number of oxazole rings is 1. The third-order valence-corrected chi connectivity index (χ3v) is 19.4. The van der Waals surface area contributed by atoms with Gasteiger partial charge in [-0.1, -0.05) is 166 Å². The largest absolute Gasteiger partial charge is 0.436 e. The normalized spacial score (nSPS) is 12.1. The molecule has 0 unspecified atom stereocenters. The molecule has 0 fully saturated rings. The molecule has 0 aliphatic heterocycles. The molecule has 0 amide bonds. The smallest absolute Gasteiger partial charge is 0.231 e. The van der Waals surface area contributed by atoms with Crippen molar-refractivity contribution in [3.05, 3.63) is 287 Å². The highest BCUT2D eigenvalue weighted by Gasteiger charge is 2.38. The van der Waals surface area contributed by atoms with Crippen molar-refractivity contribution in [1.82, 2.24) is 28.2 Å². The van der Waals surface area contributed by atoms with Crippen molar-refractivity contribution in [3.8, 4) is 67.8 Å². The average Bonchev–Trinajstić information content (AvgIpc) is 1.61. The lowest BCUT2D eigenvalue weighted by molar-refractivity contribution is 0.619. The summed E-state index contributed by atoms with van der Waals surface area (Å²) >= 11 is 0. The number of fused-ring (bicyclic) bond motifs is 13. The Morgan fingerprint density at radius 1 is 0.247 bits per heavy atom. The van der Waals surface area contributed by atoms with Gasteiger partial charge in [-0.3, -0.25) is 0 Å². The van der Waals surface area contributed by atoms with Crippen molar-refractivity contribution in [2.75, 3.05) is 0 Å². The lowest BCUT2D eigenvalue weighted by Crippen LogP contribution is -2.16. The number of benzene rings is 12. The van der Waals surface area contributed by atoms with E-state index in [9.17, 15) is 0 Å². The number of hydrogen-bond acceptors (Lipinski definition) is 3. The summed E-state index contributed by atoms with van der Waals surface area (Å²) in [5.41, 5.74) is 29.6. The molecule has 18 aromatic rings. The lowest BCUT2D eigenvalue weighted by Gasteiger charge is -2.30. The first-order chi connectivity index (χ1) is 45.4. The van der Waals surface area contributed by atoms with Crippen LogP contribution in [0, 0.1) is 55.4 Å². The van der Waals surface area contributed by atoms with Gasteiger partial charge in [-0.25, -0.2) is 9.97 Å². The highest BCUT2D eigenvalue weighted by atomic mass is 16.3. The highest BCUT2D eigenvalue weighted by molar-refractivity contribution is 6.19.